The molecule has 12 heavy (non-hydrogen) atoms. The third kappa shape index (κ3) is 4.38. The first kappa shape index (κ1) is 10.6. The van der Waals surface area contributed by atoms with Crippen LogP contribution < -0.4 is 0 Å². The summed E-state index contributed by atoms with van der Waals surface area (Å²) in [4.78, 5) is 31.1. The number of hydrogen-bond acceptors (Lipinski definition) is 4. The molecular formula is C8H10O4. The molecule has 0 spiro atoms. The Morgan fingerprint density at radius 1 is 1.33 bits per heavy atom. The maximum atomic E-state index is 10.8. The molecule has 0 bridgehead atoms. The molecule has 0 aromatic heterocycles. The predicted octanol–water partition coefficient (Wildman–Crippen LogP) is 0.264. The van der Waals surface area contributed by atoms with Crippen molar-refractivity contribution in [3.63, 3.8) is 0 Å². The van der Waals surface area contributed by atoms with Gasteiger partial charge in [0.15, 0.2) is 11.6 Å². The lowest BCUT2D eigenvalue weighted by atomic mass is 10.1. The van der Waals surface area contributed by atoms with Crippen LogP contribution in [0.1, 0.15) is 13.8 Å². The molecule has 4 heteroatoms. The van der Waals surface area contributed by atoms with E-state index in [-0.39, 0.29) is 30.2 Å². The Bertz CT molecular complexity index is 227. The quantitative estimate of drug-likeness (QED) is 0.438. The first-order chi connectivity index (χ1) is 5.57. The first-order valence-electron chi connectivity index (χ1n) is 3.35. The molecule has 4 nitrogen and oxygen atoms in total. The Morgan fingerprint density at radius 3 is 2.25 bits per heavy atom. The van der Waals surface area contributed by atoms with Gasteiger partial charge in [-0.05, 0) is 19.9 Å². The van der Waals surface area contributed by atoms with Crippen LogP contribution >= 0.6 is 0 Å². The molecule has 0 radical (unpaired) electrons. The van der Waals surface area contributed by atoms with Gasteiger partial charge in [0.25, 0.3) is 6.47 Å². The number of carbonyl (C=O) groups is 3. The molecule has 0 saturated heterocycles. The zero-order valence-corrected chi connectivity index (χ0v) is 6.99. The minimum absolute atomic E-state index is 0.140. The number of carbonyl (C=O) groups excluding carboxylic acids is 3. The zero-order chi connectivity index (χ0) is 9.56. The Kier molecular flexibility index (Phi) is 4.60. The van der Waals surface area contributed by atoms with E-state index in [9.17, 15) is 14.4 Å². The summed E-state index contributed by atoms with van der Waals surface area (Å²) in [6, 6.07) is 0. The molecule has 0 heterocycles. The van der Waals surface area contributed by atoms with Crippen molar-refractivity contribution >= 4 is 18.0 Å². The van der Waals surface area contributed by atoms with Crippen LogP contribution in [-0.2, 0) is 19.1 Å². The molecule has 0 aromatic rings. The van der Waals surface area contributed by atoms with Gasteiger partial charge in [-0.1, -0.05) is 0 Å². The summed E-state index contributed by atoms with van der Waals surface area (Å²) >= 11 is 0. The summed E-state index contributed by atoms with van der Waals surface area (Å²) in [5, 5.41) is 0. The van der Waals surface area contributed by atoms with E-state index in [0.717, 1.165) is 6.08 Å². The van der Waals surface area contributed by atoms with E-state index in [1.165, 1.54) is 13.8 Å². The molecule has 0 unspecified atom stereocenters. The van der Waals surface area contributed by atoms with Crippen molar-refractivity contribution in [2.45, 2.75) is 13.8 Å². The van der Waals surface area contributed by atoms with Gasteiger partial charge < -0.3 is 4.74 Å². The molecule has 0 aliphatic heterocycles. The summed E-state index contributed by atoms with van der Waals surface area (Å²) in [6.07, 6.45) is 1.16. The van der Waals surface area contributed by atoms with Gasteiger partial charge in [0.1, 0.15) is 6.61 Å². The van der Waals surface area contributed by atoms with Gasteiger partial charge in [-0.25, -0.2) is 0 Å². The Morgan fingerprint density at radius 2 is 1.92 bits per heavy atom. The van der Waals surface area contributed by atoms with Crippen LogP contribution in [0.3, 0.4) is 0 Å². The molecule has 0 atom stereocenters. The van der Waals surface area contributed by atoms with Crippen LogP contribution in [0.15, 0.2) is 11.6 Å². The lowest BCUT2D eigenvalue weighted by Gasteiger charge is -1.99. The molecule has 0 rings (SSSR count). The van der Waals surface area contributed by atoms with E-state index in [1.807, 2.05) is 0 Å². The van der Waals surface area contributed by atoms with Gasteiger partial charge in [0, 0.05) is 5.57 Å². The SMILES string of the molecule is CC(=O)/C=C(/COC=O)C(C)=O. The van der Waals surface area contributed by atoms with E-state index < -0.39 is 0 Å². The number of Topliss-reactive ketones (excluding diaryl/α,β-unsaturated/α-hetero) is 1. The van der Waals surface area contributed by atoms with Crippen LogP contribution in [-0.4, -0.2) is 24.6 Å². The standard InChI is InChI=1S/C8H10O4/c1-6(10)3-8(7(2)11)4-12-5-9/h3,5H,4H2,1-2H3/b8-3-. The third-order valence-electron chi connectivity index (χ3n) is 1.14. The van der Waals surface area contributed by atoms with Crippen LogP contribution in [0.5, 0.6) is 0 Å². The molecule has 0 aromatic carbocycles. The largest absolute Gasteiger partial charge is 0.463 e. The molecule has 0 aliphatic carbocycles. The van der Waals surface area contributed by atoms with E-state index in [1.54, 1.807) is 0 Å². The van der Waals surface area contributed by atoms with Crippen molar-refractivity contribution in [1.29, 1.82) is 0 Å². The van der Waals surface area contributed by atoms with E-state index in [2.05, 4.69) is 4.74 Å². The topological polar surface area (TPSA) is 60.4 Å². The highest BCUT2D eigenvalue weighted by atomic mass is 16.5. The number of hydrogen-bond donors (Lipinski definition) is 0. The Labute approximate surface area is 70.2 Å². The smallest absolute Gasteiger partial charge is 0.293 e. The van der Waals surface area contributed by atoms with E-state index in [0.29, 0.717) is 0 Å². The fourth-order valence-electron chi connectivity index (χ4n) is 0.614. The predicted molar refractivity (Wildman–Crippen MR) is 41.5 cm³/mol. The summed E-state index contributed by atoms with van der Waals surface area (Å²) in [7, 11) is 0. The van der Waals surface area contributed by atoms with Gasteiger partial charge >= 0.3 is 0 Å². The van der Waals surface area contributed by atoms with Crippen LogP contribution in [0.25, 0.3) is 0 Å². The molecular weight excluding hydrogens is 160 g/mol. The average Bonchev–Trinajstić information content (AvgIpc) is 1.96. The second kappa shape index (κ2) is 5.23. The molecule has 0 aliphatic rings. The summed E-state index contributed by atoms with van der Waals surface area (Å²) < 4.78 is 4.34. The summed E-state index contributed by atoms with van der Waals surface area (Å²) in [5.74, 6) is -0.512. The van der Waals surface area contributed by atoms with Crippen molar-refractivity contribution in [2.24, 2.45) is 0 Å². The fourth-order valence-corrected chi connectivity index (χ4v) is 0.614. The minimum Gasteiger partial charge on any atom is -0.463 e. The minimum atomic E-state index is -0.271. The molecule has 0 amide bonds. The highest BCUT2D eigenvalue weighted by Gasteiger charge is 2.04. The van der Waals surface area contributed by atoms with Crippen LogP contribution in [0.4, 0.5) is 0 Å². The molecule has 66 valence electrons. The summed E-state index contributed by atoms with van der Waals surface area (Å²) in [6.45, 7) is 2.72. The van der Waals surface area contributed by atoms with Gasteiger partial charge in [-0.3, -0.25) is 14.4 Å². The highest BCUT2D eigenvalue weighted by Crippen LogP contribution is 1.96. The van der Waals surface area contributed by atoms with Crippen LogP contribution in [0, 0.1) is 0 Å². The summed E-state index contributed by atoms with van der Waals surface area (Å²) in [5.41, 5.74) is 0.203. The molecule has 0 saturated carbocycles. The third-order valence-corrected chi connectivity index (χ3v) is 1.14. The number of ether oxygens (including phenoxy) is 1. The number of rotatable bonds is 5. The second-order valence-corrected chi connectivity index (χ2v) is 2.24. The number of ketones is 2. The van der Waals surface area contributed by atoms with Crippen LogP contribution in [0.2, 0.25) is 0 Å². The van der Waals surface area contributed by atoms with Crippen molar-refractivity contribution in [3.8, 4) is 0 Å². The Hall–Kier alpha value is -1.45. The van der Waals surface area contributed by atoms with Gasteiger partial charge in [0.05, 0.1) is 0 Å². The van der Waals surface area contributed by atoms with Gasteiger partial charge in [-0.15, -0.1) is 0 Å². The normalized spacial score (nSPS) is 10.7. The zero-order valence-electron chi connectivity index (χ0n) is 6.99. The van der Waals surface area contributed by atoms with E-state index in [4.69, 9.17) is 0 Å². The lowest BCUT2D eigenvalue weighted by Crippen LogP contribution is -2.06. The van der Waals surface area contributed by atoms with E-state index >= 15 is 0 Å². The second-order valence-electron chi connectivity index (χ2n) is 2.24. The average molecular weight is 170 g/mol. The first-order valence-corrected chi connectivity index (χ1v) is 3.35. The highest BCUT2D eigenvalue weighted by molar-refractivity contribution is 6.01. The lowest BCUT2D eigenvalue weighted by molar-refractivity contribution is -0.128. The van der Waals surface area contributed by atoms with Crippen molar-refractivity contribution in [3.05, 3.63) is 11.6 Å². The molecule has 0 fully saturated rings. The number of allylic oxidation sites excluding steroid dienone is 1. The van der Waals surface area contributed by atoms with Gasteiger partial charge in [0.2, 0.25) is 0 Å². The monoisotopic (exact) mass is 170 g/mol. The van der Waals surface area contributed by atoms with Crippen molar-refractivity contribution in [1.82, 2.24) is 0 Å². The maximum absolute atomic E-state index is 10.8. The maximum Gasteiger partial charge on any atom is 0.293 e. The fraction of sp³-hybridized carbons (Fsp3) is 0.375. The van der Waals surface area contributed by atoms with Crippen molar-refractivity contribution < 1.29 is 19.1 Å². The molecule has 0 N–H and O–H groups in total. The van der Waals surface area contributed by atoms with Gasteiger partial charge in [-0.2, -0.15) is 0 Å². The van der Waals surface area contributed by atoms with Crippen molar-refractivity contribution in [2.75, 3.05) is 6.61 Å². The Balaban J connectivity index is 4.32.